The molecule has 0 unspecified atom stereocenters. The van der Waals surface area contributed by atoms with E-state index in [4.69, 9.17) is 0 Å². The van der Waals surface area contributed by atoms with Gasteiger partial charge >= 0.3 is 150 Å². The first kappa shape index (κ1) is 36.8. The van der Waals surface area contributed by atoms with Gasteiger partial charge in [-0.2, -0.15) is 0 Å². The third kappa shape index (κ3) is 63.1. The van der Waals surface area contributed by atoms with E-state index in [0.29, 0.717) is 0 Å². The summed E-state index contributed by atoms with van der Waals surface area (Å²) in [4.78, 5) is 0. The fraction of sp³-hybridized carbons (Fsp3) is 0.900. The van der Waals surface area contributed by atoms with E-state index < -0.39 is 0 Å². The van der Waals surface area contributed by atoms with E-state index in [0.717, 1.165) is 11.8 Å². The van der Waals surface area contributed by atoms with Gasteiger partial charge < -0.3 is 61.2 Å². The van der Waals surface area contributed by atoms with Gasteiger partial charge in [-0.25, -0.2) is 0 Å². The van der Waals surface area contributed by atoms with Crippen molar-refractivity contribution in [1.82, 2.24) is 0 Å². The van der Waals surface area contributed by atoms with Crippen molar-refractivity contribution in [3.63, 3.8) is 0 Å². The van der Waals surface area contributed by atoms with Gasteiger partial charge in [-0.3, -0.25) is 0 Å². The van der Waals surface area contributed by atoms with Crippen LogP contribution in [0.1, 0.15) is 91.9 Å². The van der Waals surface area contributed by atoms with Crippen molar-refractivity contribution in [3.05, 3.63) is 0 Å². The summed E-state index contributed by atoms with van der Waals surface area (Å²) in [6.07, 6.45) is 15.0. The van der Waals surface area contributed by atoms with Crippen LogP contribution in [0.15, 0.2) is 0 Å². The molecule has 0 heterocycles. The summed E-state index contributed by atoms with van der Waals surface area (Å²) < 4.78 is 0.167. The van der Waals surface area contributed by atoms with E-state index in [2.05, 4.69) is 88.9 Å². The van der Waals surface area contributed by atoms with Gasteiger partial charge in [0, 0.05) is 0 Å². The summed E-state index contributed by atoms with van der Waals surface area (Å²) >= 11 is 16.4. The van der Waals surface area contributed by atoms with E-state index in [1.54, 1.807) is 22.9 Å². The summed E-state index contributed by atoms with van der Waals surface area (Å²) in [5, 5.41) is 3.33. The average molecular weight is 570 g/mol. The number of hydrogen-bond acceptors (Lipinski definition) is 4. The van der Waals surface area contributed by atoms with Crippen LogP contribution in [0.2, 0.25) is 10.0 Å². The van der Waals surface area contributed by atoms with E-state index in [1.165, 1.54) is 51.4 Å². The predicted octanol–water partition coefficient (Wildman–Crippen LogP) is 6.67. The number of thiocarbonyl (C=S) groups is 2. The van der Waals surface area contributed by atoms with Gasteiger partial charge in [-0.05, 0) is 0 Å². The molecule has 0 saturated heterocycles. The quantitative estimate of drug-likeness (QED) is 0.106. The molecule has 2 nitrogen and oxygen atoms in total. The number of unbranched alkanes of at least 4 members (excludes halogenated alkanes) is 6. The third-order valence-electron chi connectivity index (χ3n) is 4.06. The molecule has 0 saturated carbocycles. The molecule has 0 rings (SSSR count). The molecule has 160 valence electrons. The Hall–Kier alpha value is 1.47. The monoisotopic (exact) mass is 566 g/mol. The van der Waals surface area contributed by atoms with Gasteiger partial charge in [0.05, 0.1) is 0 Å². The molecule has 0 aliphatic carbocycles. The van der Waals surface area contributed by atoms with Gasteiger partial charge in [-0.1, -0.05) is 8.64 Å². The number of hydrogen-bond donors (Lipinski definition) is 2. The van der Waals surface area contributed by atoms with Crippen molar-refractivity contribution >= 4 is 58.3 Å². The van der Waals surface area contributed by atoms with Crippen molar-refractivity contribution in [1.29, 1.82) is 0 Å². The Bertz CT molecular complexity index is 293. The van der Waals surface area contributed by atoms with Crippen LogP contribution < -0.4 is 11.5 Å². The standard InChI is InChI=1S/2C9H19.2CH3NS2.2Zn/c2*1-4-5-6-7-8-9(2)3;2*2-1(3)4;;/h2*9H,1,4-8H2,2-3H3;2*(H3,2,3,4);;/q;;;;;+2/p-2. The maximum atomic E-state index is 4.66. The molecule has 0 fully saturated rings. The van der Waals surface area contributed by atoms with Crippen LogP contribution in [-0.4, -0.2) is 8.64 Å². The average Bonchev–Trinajstić information content (AvgIpc) is 2.50. The smallest absolute Gasteiger partial charge is 0.415 e. The Morgan fingerprint density at radius 1 is 0.679 bits per heavy atom. The van der Waals surface area contributed by atoms with Gasteiger partial charge in [0.15, 0.2) is 0 Å². The second-order valence-electron chi connectivity index (χ2n) is 7.89. The second kappa shape index (κ2) is 30.7. The summed E-state index contributed by atoms with van der Waals surface area (Å²) in [6.45, 7) is 9.38. The minimum atomic E-state index is -0.0977. The molecule has 0 bridgehead atoms. The van der Waals surface area contributed by atoms with Crippen molar-refractivity contribution in [2.24, 2.45) is 23.3 Å². The molecule has 0 aliphatic heterocycles. The minimum Gasteiger partial charge on any atom is -0.415 e. The Labute approximate surface area is 218 Å². The van der Waals surface area contributed by atoms with Gasteiger partial charge in [-0.15, -0.1) is 0 Å². The van der Waals surface area contributed by atoms with Gasteiger partial charge in [0.1, 0.15) is 0 Å². The van der Waals surface area contributed by atoms with Crippen LogP contribution in [0.25, 0.3) is 0 Å². The molecule has 0 aromatic heterocycles. The molecule has 0 spiro atoms. The van der Waals surface area contributed by atoms with E-state index in [9.17, 15) is 0 Å². The van der Waals surface area contributed by atoms with Crippen LogP contribution in [-0.2, 0) is 61.9 Å². The molecule has 28 heavy (non-hydrogen) atoms. The summed E-state index contributed by atoms with van der Waals surface area (Å²) in [5.41, 5.74) is 9.31. The molecule has 4 N–H and O–H groups in total. The van der Waals surface area contributed by atoms with Gasteiger partial charge in [0.25, 0.3) is 0 Å². The van der Waals surface area contributed by atoms with Crippen molar-refractivity contribution in [2.75, 3.05) is 0 Å². The zero-order valence-corrected chi connectivity index (χ0v) is 28.0. The van der Waals surface area contributed by atoms with Crippen LogP contribution >= 0.6 is 24.4 Å². The van der Waals surface area contributed by atoms with E-state index >= 15 is 0 Å². The van der Waals surface area contributed by atoms with Crippen molar-refractivity contribution in [2.45, 2.75) is 102 Å². The second-order valence-corrected chi connectivity index (χ2v) is 14.6. The van der Waals surface area contributed by atoms with Crippen molar-refractivity contribution in [3.8, 4) is 0 Å². The Kier molecular flexibility index (Phi) is 40.3. The van der Waals surface area contributed by atoms with Crippen LogP contribution in [0.4, 0.5) is 0 Å². The normalized spacial score (nSPS) is 9.36. The molecule has 0 radical (unpaired) electrons. The first-order chi connectivity index (χ1) is 12.6. The van der Waals surface area contributed by atoms with E-state index in [1.807, 2.05) is 0 Å². The maximum absolute atomic E-state index is 4.66. The third-order valence-corrected chi connectivity index (χ3v) is 8.26. The van der Waals surface area contributed by atoms with Gasteiger partial charge in [0.2, 0.25) is 0 Å². The Morgan fingerprint density at radius 2 is 0.929 bits per heavy atom. The zero-order valence-electron chi connectivity index (χ0n) is 18.8. The molecular formula is C20H42N2S4Zn2. The topological polar surface area (TPSA) is 52.0 Å². The molecular weight excluding hydrogens is 527 g/mol. The fourth-order valence-electron chi connectivity index (χ4n) is 2.70. The maximum Gasteiger partial charge on any atom is 2.00 e. The zero-order chi connectivity index (χ0) is 21.5. The number of nitrogens with two attached hydrogens (primary N) is 2. The summed E-state index contributed by atoms with van der Waals surface area (Å²) in [5.74, 6) is 1.82. The Morgan fingerprint density at radius 3 is 1.18 bits per heavy atom. The summed E-state index contributed by atoms with van der Waals surface area (Å²) in [7, 11) is 0. The van der Waals surface area contributed by atoms with Crippen molar-refractivity contribution < 1.29 is 36.6 Å². The molecule has 0 aliphatic rings. The molecule has 0 atom stereocenters. The molecule has 0 aromatic rings. The Balaban J connectivity index is -0.000000270. The minimum absolute atomic E-state index is 0. The fourth-order valence-corrected chi connectivity index (χ4v) is 6.41. The number of rotatable bonds is 14. The van der Waals surface area contributed by atoms with Crippen LogP contribution in [0.3, 0.4) is 0 Å². The largest absolute Gasteiger partial charge is 2.00 e. The SMILES string of the molecule is CC(C)CCCCC[CH2][Zn][CH2]CCCCCC(C)C.NC(=S)[S-].NC(=S)[S-].[Zn+2]. The van der Waals surface area contributed by atoms with E-state index in [-0.39, 0.29) is 45.2 Å². The summed E-state index contributed by atoms with van der Waals surface area (Å²) in [6, 6.07) is 0. The molecule has 0 aromatic carbocycles. The first-order valence-electron chi connectivity index (χ1n) is 10.5. The molecule has 0 amide bonds. The predicted molar refractivity (Wildman–Crippen MR) is 134 cm³/mol. The van der Waals surface area contributed by atoms with Crippen LogP contribution in [0, 0.1) is 11.8 Å². The first-order valence-corrected chi connectivity index (χ1v) is 16.3. The van der Waals surface area contributed by atoms with Crippen LogP contribution in [0.5, 0.6) is 0 Å². The molecule has 8 heteroatoms.